The van der Waals surface area contributed by atoms with Crippen LogP contribution in [0.4, 0.5) is 0 Å². The quantitative estimate of drug-likeness (QED) is 0.670. The van der Waals surface area contributed by atoms with Crippen molar-refractivity contribution in [3.8, 4) is 6.07 Å². The molecule has 1 aromatic carbocycles. The standard InChI is InChI=1S/C14H13N/c1-11-4-2-3-5-14(11)13-8-6-12(10-15)7-9-13/h4-9H,2-3H2,1H3. The van der Waals surface area contributed by atoms with E-state index in [1.807, 2.05) is 24.3 Å². The smallest absolute Gasteiger partial charge is 0.0991 e. The first-order chi connectivity index (χ1) is 7.31. The maximum atomic E-state index is 8.71. The fraction of sp³-hybridized carbons (Fsp3) is 0.214. The van der Waals surface area contributed by atoms with Crippen LogP contribution in [0.2, 0.25) is 0 Å². The summed E-state index contributed by atoms with van der Waals surface area (Å²) in [5.74, 6) is 0. The van der Waals surface area contributed by atoms with Gasteiger partial charge in [0.25, 0.3) is 0 Å². The molecule has 1 aliphatic rings. The lowest BCUT2D eigenvalue weighted by atomic mass is 9.92. The SMILES string of the molecule is CC1=CCCC=C1c1ccc(C#N)cc1. The molecule has 0 bridgehead atoms. The molecule has 0 saturated heterocycles. The fourth-order valence-corrected chi connectivity index (χ4v) is 1.87. The maximum Gasteiger partial charge on any atom is 0.0991 e. The fourth-order valence-electron chi connectivity index (χ4n) is 1.87. The van der Waals surface area contributed by atoms with Crippen LogP contribution in [0.25, 0.3) is 5.57 Å². The lowest BCUT2D eigenvalue weighted by molar-refractivity contribution is 1.02. The van der Waals surface area contributed by atoms with Crippen molar-refractivity contribution in [2.45, 2.75) is 19.8 Å². The molecule has 2 rings (SSSR count). The van der Waals surface area contributed by atoms with Gasteiger partial charge in [0, 0.05) is 0 Å². The van der Waals surface area contributed by atoms with E-state index in [-0.39, 0.29) is 0 Å². The van der Waals surface area contributed by atoms with Crippen molar-refractivity contribution in [3.63, 3.8) is 0 Å². The predicted octanol–water partition coefficient (Wildman–Crippen LogP) is 3.68. The normalized spacial score (nSPS) is 15.2. The van der Waals surface area contributed by atoms with Gasteiger partial charge in [0.05, 0.1) is 11.6 Å². The summed E-state index contributed by atoms with van der Waals surface area (Å²) in [7, 11) is 0. The third-order valence-corrected chi connectivity index (χ3v) is 2.72. The van der Waals surface area contributed by atoms with E-state index in [1.165, 1.54) is 16.7 Å². The van der Waals surface area contributed by atoms with Gasteiger partial charge in [-0.2, -0.15) is 5.26 Å². The number of allylic oxidation sites excluding steroid dienone is 4. The zero-order chi connectivity index (χ0) is 10.7. The van der Waals surface area contributed by atoms with Crippen molar-refractivity contribution in [3.05, 3.63) is 53.1 Å². The van der Waals surface area contributed by atoms with Crippen LogP contribution in [0.15, 0.2) is 42.0 Å². The van der Waals surface area contributed by atoms with E-state index in [4.69, 9.17) is 5.26 Å². The van der Waals surface area contributed by atoms with Gasteiger partial charge in [0.15, 0.2) is 0 Å². The van der Waals surface area contributed by atoms with Gasteiger partial charge in [-0.1, -0.05) is 24.3 Å². The van der Waals surface area contributed by atoms with Gasteiger partial charge in [0.2, 0.25) is 0 Å². The van der Waals surface area contributed by atoms with Gasteiger partial charge < -0.3 is 0 Å². The minimum absolute atomic E-state index is 0.719. The third kappa shape index (κ3) is 1.99. The highest BCUT2D eigenvalue weighted by molar-refractivity contribution is 5.79. The van der Waals surface area contributed by atoms with E-state index < -0.39 is 0 Å². The number of nitrogens with zero attached hydrogens (tertiary/aromatic N) is 1. The molecule has 0 spiro atoms. The molecule has 0 fully saturated rings. The van der Waals surface area contributed by atoms with Crippen LogP contribution in [0, 0.1) is 11.3 Å². The first kappa shape index (κ1) is 9.73. The Kier molecular flexibility index (Phi) is 2.69. The van der Waals surface area contributed by atoms with Crippen LogP contribution in [0.1, 0.15) is 30.9 Å². The summed E-state index contributed by atoms with van der Waals surface area (Å²) in [6.45, 7) is 2.14. The second-order valence-corrected chi connectivity index (χ2v) is 3.77. The zero-order valence-corrected chi connectivity index (χ0v) is 8.83. The number of hydrogen-bond acceptors (Lipinski definition) is 1. The molecule has 0 heterocycles. The summed E-state index contributed by atoms with van der Waals surface area (Å²) in [4.78, 5) is 0. The van der Waals surface area contributed by atoms with E-state index in [0.29, 0.717) is 0 Å². The van der Waals surface area contributed by atoms with Crippen LogP contribution >= 0.6 is 0 Å². The second kappa shape index (κ2) is 4.14. The molecule has 0 aliphatic heterocycles. The average Bonchev–Trinajstić information content (AvgIpc) is 2.30. The number of benzene rings is 1. The minimum Gasteiger partial charge on any atom is -0.192 e. The summed E-state index contributed by atoms with van der Waals surface area (Å²) in [6, 6.07) is 9.92. The van der Waals surface area contributed by atoms with Crippen LogP contribution in [0.3, 0.4) is 0 Å². The first-order valence-corrected chi connectivity index (χ1v) is 5.19. The molecular formula is C14H13N. The summed E-state index contributed by atoms with van der Waals surface area (Å²) in [5, 5.41) is 8.71. The predicted molar refractivity (Wildman–Crippen MR) is 62.1 cm³/mol. The molecule has 1 aliphatic carbocycles. The zero-order valence-electron chi connectivity index (χ0n) is 8.83. The molecule has 1 nitrogen and oxygen atoms in total. The maximum absolute atomic E-state index is 8.71. The Morgan fingerprint density at radius 3 is 2.33 bits per heavy atom. The highest BCUT2D eigenvalue weighted by Gasteiger charge is 2.06. The van der Waals surface area contributed by atoms with Crippen LogP contribution in [-0.2, 0) is 0 Å². The second-order valence-electron chi connectivity index (χ2n) is 3.77. The Bertz CT molecular complexity index is 455. The molecule has 0 N–H and O–H groups in total. The van der Waals surface area contributed by atoms with Crippen molar-refractivity contribution in [2.75, 3.05) is 0 Å². The molecule has 0 saturated carbocycles. The Morgan fingerprint density at radius 1 is 1.07 bits per heavy atom. The summed E-state index contributed by atoms with van der Waals surface area (Å²) < 4.78 is 0. The Morgan fingerprint density at radius 2 is 1.73 bits per heavy atom. The van der Waals surface area contributed by atoms with Gasteiger partial charge in [-0.3, -0.25) is 0 Å². The molecule has 1 heteroatoms. The molecule has 0 atom stereocenters. The topological polar surface area (TPSA) is 23.8 Å². The summed E-state index contributed by atoms with van der Waals surface area (Å²) in [5.41, 5.74) is 4.58. The molecule has 0 radical (unpaired) electrons. The van der Waals surface area contributed by atoms with Crippen molar-refractivity contribution in [1.29, 1.82) is 5.26 Å². The third-order valence-electron chi connectivity index (χ3n) is 2.72. The van der Waals surface area contributed by atoms with Crippen LogP contribution < -0.4 is 0 Å². The van der Waals surface area contributed by atoms with Crippen molar-refractivity contribution >= 4 is 5.57 Å². The molecule has 1 aromatic rings. The van der Waals surface area contributed by atoms with Gasteiger partial charge in [-0.25, -0.2) is 0 Å². The number of nitriles is 1. The Hall–Kier alpha value is -1.81. The number of hydrogen-bond donors (Lipinski definition) is 0. The highest BCUT2D eigenvalue weighted by atomic mass is 14.2. The van der Waals surface area contributed by atoms with E-state index >= 15 is 0 Å². The van der Waals surface area contributed by atoms with Crippen LogP contribution in [-0.4, -0.2) is 0 Å². The highest BCUT2D eigenvalue weighted by Crippen LogP contribution is 2.27. The van der Waals surface area contributed by atoms with Crippen molar-refractivity contribution < 1.29 is 0 Å². The van der Waals surface area contributed by atoms with E-state index in [9.17, 15) is 0 Å². The monoisotopic (exact) mass is 195 g/mol. The van der Waals surface area contributed by atoms with E-state index in [2.05, 4.69) is 25.1 Å². The van der Waals surface area contributed by atoms with Gasteiger partial charge in [-0.05, 0) is 48.6 Å². The van der Waals surface area contributed by atoms with Gasteiger partial charge >= 0.3 is 0 Å². The molecule has 74 valence electrons. The Balaban J connectivity index is 2.34. The van der Waals surface area contributed by atoms with Crippen molar-refractivity contribution in [2.24, 2.45) is 0 Å². The first-order valence-electron chi connectivity index (χ1n) is 5.19. The molecule has 15 heavy (non-hydrogen) atoms. The van der Waals surface area contributed by atoms with Gasteiger partial charge in [0.1, 0.15) is 0 Å². The van der Waals surface area contributed by atoms with Crippen LogP contribution in [0.5, 0.6) is 0 Å². The summed E-state index contributed by atoms with van der Waals surface area (Å²) in [6.07, 6.45) is 6.81. The van der Waals surface area contributed by atoms with E-state index in [1.54, 1.807) is 0 Å². The molecular weight excluding hydrogens is 182 g/mol. The molecule has 0 unspecified atom stereocenters. The van der Waals surface area contributed by atoms with Crippen molar-refractivity contribution in [1.82, 2.24) is 0 Å². The van der Waals surface area contributed by atoms with Gasteiger partial charge in [-0.15, -0.1) is 0 Å². The minimum atomic E-state index is 0.719. The largest absolute Gasteiger partial charge is 0.192 e. The summed E-state index contributed by atoms with van der Waals surface area (Å²) >= 11 is 0. The molecule has 0 aromatic heterocycles. The average molecular weight is 195 g/mol. The van der Waals surface area contributed by atoms with E-state index in [0.717, 1.165) is 18.4 Å². The Labute approximate surface area is 90.4 Å². The lowest BCUT2D eigenvalue weighted by Crippen LogP contribution is -1.91. The number of rotatable bonds is 1. The molecule has 0 amide bonds. The lowest BCUT2D eigenvalue weighted by Gasteiger charge is -2.12.